The van der Waals surface area contributed by atoms with Gasteiger partial charge in [0.15, 0.2) is 11.5 Å². The molecule has 5 rings (SSSR count). The van der Waals surface area contributed by atoms with Crippen LogP contribution < -0.4 is 10.1 Å². The van der Waals surface area contributed by atoms with Gasteiger partial charge in [-0.2, -0.15) is 0 Å². The molecule has 0 bridgehead atoms. The van der Waals surface area contributed by atoms with Crippen LogP contribution in [-0.2, 0) is 13.2 Å². The Hall–Kier alpha value is -4.20. The summed E-state index contributed by atoms with van der Waals surface area (Å²) in [6.07, 6.45) is 5.73. The zero-order chi connectivity index (χ0) is 20.3. The van der Waals surface area contributed by atoms with Gasteiger partial charge in [-0.25, -0.2) is 4.98 Å². The van der Waals surface area contributed by atoms with Crippen molar-refractivity contribution >= 4 is 17.2 Å². The molecule has 0 saturated carbocycles. The summed E-state index contributed by atoms with van der Waals surface area (Å²) in [7, 11) is 0. The number of fused-ring (bicyclic) bond motifs is 2. The van der Waals surface area contributed by atoms with Gasteiger partial charge in [-0.15, -0.1) is 10.2 Å². The summed E-state index contributed by atoms with van der Waals surface area (Å²) >= 11 is 0. The molecular weight excluding hydrogens is 380 g/mol. The molecule has 1 aromatic carbocycles. The van der Waals surface area contributed by atoms with E-state index in [4.69, 9.17) is 4.74 Å². The molecule has 1 N–H and O–H groups in total. The van der Waals surface area contributed by atoms with E-state index in [2.05, 4.69) is 20.5 Å². The second-order valence-corrected chi connectivity index (χ2v) is 6.74. The molecule has 0 saturated heterocycles. The fraction of sp³-hybridized carbons (Fsp3) is 0.0909. The molecule has 0 aliphatic heterocycles. The number of ether oxygens (including phenoxy) is 1. The van der Waals surface area contributed by atoms with E-state index in [0.717, 1.165) is 17.0 Å². The summed E-state index contributed by atoms with van der Waals surface area (Å²) in [6, 6.07) is 18.5. The van der Waals surface area contributed by atoms with Crippen molar-refractivity contribution in [3.8, 4) is 5.75 Å². The Morgan fingerprint density at radius 2 is 1.83 bits per heavy atom. The topological polar surface area (TPSA) is 85.8 Å². The predicted octanol–water partition coefficient (Wildman–Crippen LogP) is 2.89. The number of nitrogens with zero attached hydrogens (tertiary/aromatic N) is 5. The molecule has 8 nitrogen and oxygen atoms in total. The molecule has 0 radical (unpaired) electrons. The van der Waals surface area contributed by atoms with Crippen molar-refractivity contribution in [2.45, 2.75) is 13.2 Å². The van der Waals surface area contributed by atoms with Crippen molar-refractivity contribution in [3.05, 3.63) is 96.3 Å². The summed E-state index contributed by atoms with van der Waals surface area (Å²) in [5, 5.41) is 11.1. The van der Waals surface area contributed by atoms with Crippen LogP contribution in [0.15, 0.2) is 79.3 Å². The highest BCUT2D eigenvalue weighted by atomic mass is 16.5. The SMILES string of the molecule is O=C(NCc1nnc2ccccn12)c1cccc(OCc2cn3ccccc3n2)c1. The molecule has 8 heteroatoms. The third-order valence-corrected chi connectivity index (χ3v) is 4.69. The number of hydrogen-bond acceptors (Lipinski definition) is 5. The molecule has 0 spiro atoms. The first kappa shape index (κ1) is 17.9. The normalized spacial score (nSPS) is 11.1. The minimum absolute atomic E-state index is 0.208. The van der Waals surface area contributed by atoms with Crippen LogP contribution in [0.25, 0.3) is 11.3 Å². The van der Waals surface area contributed by atoms with E-state index in [0.29, 0.717) is 23.7 Å². The smallest absolute Gasteiger partial charge is 0.251 e. The van der Waals surface area contributed by atoms with Gasteiger partial charge in [0.1, 0.15) is 18.0 Å². The molecule has 1 amide bonds. The number of imidazole rings is 1. The summed E-state index contributed by atoms with van der Waals surface area (Å²) in [5.74, 6) is 1.06. The lowest BCUT2D eigenvalue weighted by molar-refractivity contribution is 0.0949. The maximum atomic E-state index is 12.6. The molecule has 0 atom stereocenters. The maximum Gasteiger partial charge on any atom is 0.251 e. The molecule has 0 unspecified atom stereocenters. The van der Waals surface area contributed by atoms with Crippen molar-refractivity contribution in [1.82, 2.24) is 29.3 Å². The Morgan fingerprint density at radius 1 is 0.967 bits per heavy atom. The van der Waals surface area contributed by atoms with E-state index < -0.39 is 0 Å². The second-order valence-electron chi connectivity index (χ2n) is 6.74. The fourth-order valence-corrected chi connectivity index (χ4v) is 3.21. The summed E-state index contributed by atoms with van der Waals surface area (Å²) < 4.78 is 9.62. The molecule has 148 valence electrons. The van der Waals surface area contributed by atoms with Gasteiger partial charge in [0.25, 0.3) is 5.91 Å². The molecule has 0 fully saturated rings. The van der Waals surface area contributed by atoms with Gasteiger partial charge >= 0.3 is 0 Å². The van der Waals surface area contributed by atoms with Gasteiger partial charge < -0.3 is 14.5 Å². The predicted molar refractivity (Wildman–Crippen MR) is 110 cm³/mol. The van der Waals surface area contributed by atoms with Gasteiger partial charge in [0.05, 0.1) is 12.2 Å². The highest BCUT2D eigenvalue weighted by Crippen LogP contribution is 2.16. The Labute approximate surface area is 171 Å². The molecule has 30 heavy (non-hydrogen) atoms. The van der Waals surface area contributed by atoms with Gasteiger partial charge in [-0.1, -0.05) is 18.2 Å². The number of benzene rings is 1. The number of hydrogen-bond donors (Lipinski definition) is 1. The fourth-order valence-electron chi connectivity index (χ4n) is 3.21. The lowest BCUT2D eigenvalue weighted by atomic mass is 10.2. The Morgan fingerprint density at radius 3 is 2.73 bits per heavy atom. The van der Waals surface area contributed by atoms with Crippen LogP contribution in [0.3, 0.4) is 0 Å². The average molecular weight is 398 g/mol. The van der Waals surface area contributed by atoms with Crippen LogP contribution in [0.1, 0.15) is 21.9 Å². The van der Waals surface area contributed by atoms with Crippen molar-refractivity contribution in [2.24, 2.45) is 0 Å². The molecule has 5 aromatic rings. The van der Waals surface area contributed by atoms with Crippen LogP contribution in [0.5, 0.6) is 5.75 Å². The summed E-state index contributed by atoms with van der Waals surface area (Å²) in [6.45, 7) is 0.592. The van der Waals surface area contributed by atoms with Crippen molar-refractivity contribution in [2.75, 3.05) is 0 Å². The first-order valence-corrected chi connectivity index (χ1v) is 9.48. The number of aromatic nitrogens is 5. The highest BCUT2D eigenvalue weighted by molar-refractivity contribution is 5.94. The Kier molecular flexibility index (Phi) is 4.57. The minimum Gasteiger partial charge on any atom is -0.487 e. The zero-order valence-corrected chi connectivity index (χ0v) is 16.0. The standard InChI is InChI=1S/C22H18N6O2/c29-22(23-13-21-26-25-20-9-2-4-11-28(20)21)16-6-5-7-18(12-16)30-15-17-14-27-10-3-1-8-19(27)24-17/h1-12,14H,13,15H2,(H,23,29). The number of rotatable bonds is 6. The summed E-state index contributed by atoms with van der Waals surface area (Å²) in [5.41, 5.74) is 2.93. The number of carbonyl (C=O) groups excluding carboxylic acids is 1. The maximum absolute atomic E-state index is 12.6. The Bertz CT molecular complexity index is 1310. The van der Waals surface area contributed by atoms with Crippen molar-refractivity contribution in [3.63, 3.8) is 0 Å². The quantitative estimate of drug-likeness (QED) is 0.475. The molecule has 0 aliphatic carbocycles. The van der Waals surface area contributed by atoms with Crippen LogP contribution in [0.2, 0.25) is 0 Å². The summed E-state index contributed by atoms with van der Waals surface area (Å²) in [4.78, 5) is 17.1. The van der Waals surface area contributed by atoms with E-state index in [1.807, 2.05) is 69.9 Å². The molecular formula is C22H18N6O2. The van der Waals surface area contributed by atoms with Gasteiger partial charge in [0, 0.05) is 24.2 Å². The van der Waals surface area contributed by atoms with Gasteiger partial charge in [0.2, 0.25) is 0 Å². The van der Waals surface area contributed by atoms with Crippen LogP contribution in [-0.4, -0.2) is 29.9 Å². The molecule has 0 aliphatic rings. The van der Waals surface area contributed by atoms with Crippen molar-refractivity contribution < 1.29 is 9.53 Å². The number of amides is 1. The van der Waals surface area contributed by atoms with Crippen LogP contribution >= 0.6 is 0 Å². The number of carbonyl (C=O) groups is 1. The van der Waals surface area contributed by atoms with Gasteiger partial charge in [-0.05, 0) is 42.5 Å². The largest absolute Gasteiger partial charge is 0.487 e. The zero-order valence-electron chi connectivity index (χ0n) is 16.0. The number of nitrogens with one attached hydrogen (secondary N) is 1. The molecule has 4 aromatic heterocycles. The first-order chi connectivity index (χ1) is 14.8. The lowest BCUT2D eigenvalue weighted by Gasteiger charge is -2.07. The highest BCUT2D eigenvalue weighted by Gasteiger charge is 2.10. The monoisotopic (exact) mass is 398 g/mol. The minimum atomic E-state index is -0.208. The van der Waals surface area contributed by atoms with Crippen molar-refractivity contribution in [1.29, 1.82) is 0 Å². The third kappa shape index (κ3) is 3.58. The van der Waals surface area contributed by atoms with E-state index in [-0.39, 0.29) is 12.5 Å². The van der Waals surface area contributed by atoms with Crippen LogP contribution in [0, 0.1) is 0 Å². The van der Waals surface area contributed by atoms with E-state index in [1.54, 1.807) is 18.2 Å². The lowest BCUT2D eigenvalue weighted by Crippen LogP contribution is -2.24. The first-order valence-electron chi connectivity index (χ1n) is 9.48. The van der Waals surface area contributed by atoms with Gasteiger partial charge in [-0.3, -0.25) is 9.20 Å². The van der Waals surface area contributed by atoms with E-state index in [9.17, 15) is 4.79 Å². The third-order valence-electron chi connectivity index (χ3n) is 4.69. The Balaban J connectivity index is 1.24. The van der Waals surface area contributed by atoms with Crippen LogP contribution in [0.4, 0.5) is 0 Å². The van der Waals surface area contributed by atoms with E-state index in [1.165, 1.54) is 0 Å². The van der Waals surface area contributed by atoms with E-state index >= 15 is 0 Å². The average Bonchev–Trinajstić information content (AvgIpc) is 3.40. The number of pyridine rings is 2. The molecule has 4 heterocycles. The second kappa shape index (κ2) is 7.67.